The summed E-state index contributed by atoms with van der Waals surface area (Å²) in [4.78, 5) is 4.18. The smallest absolute Gasteiger partial charge is 0.123 e. The first kappa shape index (κ1) is 13.8. The van der Waals surface area contributed by atoms with Crippen molar-refractivity contribution in [1.29, 1.82) is 0 Å². The Hall–Kier alpha value is -2.20. The Morgan fingerprint density at radius 2 is 2.05 bits per heavy atom. The number of nitrogens with zero attached hydrogens (tertiary/aromatic N) is 1. The molecule has 1 aromatic rings. The van der Waals surface area contributed by atoms with Gasteiger partial charge in [-0.2, -0.15) is 0 Å². The summed E-state index contributed by atoms with van der Waals surface area (Å²) >= 11 is 0. The fraction of sp³-hybridized carbons (Fsp3) is 0.235. The van der Waals surface area contributed by atoms with Crippen molar-refractivity contribution < 1.29 is 9.50 Å². The zero-order chi connectivity index (χ0) is 15.0. The lowest BCUT2D eigenvalue weighted by atomic mass is 10.0. The van der Waals surface area contributed by atoms with Crippen LogP contribution < -0.4 is 5.32 Å². The maximum Gasteiger partial charge on any atom is 0.123 e. The second kappa shape index (κ2) is 5.30. The molecule has 3 rings (SSSR count). The Kier molecular flexibility index (Phi) is 3.47. The van der Waals surface area contributed by atoms with Gasteiger partial charge in [-0.25, -0.2) is 9.38 Å². The van der Waals surface area contributed by atoms with Crippen LogP contribution in [-0.4, -0.2) is 17.5 Å². The van der Waals surface area contributed by atoms with Gasteiger partial charge in [-0.3, -0.25) is 0 Å². The van der Waals surface area contributed by atoms with Crippen LogP contribution in [0.3, 0.4) is 0 Å². The van der Waals surface area contributed by atoms with Crippen LogP contribution in [0.2, 0.25) is 0 Å². The quantitative estimate of drug-likeness (QED) is 0.875. The molecule has 0 amide bonds. The summed E-state index contributed by atoms with van der Waals surface area (Å²) in [6.45, 7) is 3.97. The van der Waals surface area contributed by atoms with Crippen molar-refractivity contribution in [3.8, 4) is 0 Å². The molecule has 108 valence electrons. The van der Waals surface area contributed by atoms with Gasteiger partial charge >= 0.3 is 0 Å². The number of hydrogen-bond donors (Lipinski definition) is 2. The first-order valence-electron chi connectivity index (χ1n) is 6.95. The van der Waals surface area contributed by atoms with E-state index in [-0.39, 0.29) is 12.4 Å². The molecule has 0 unspecified atom stereocenters. The third kappa shape index (κ3) is 2.32. The molecule has 1 aromatic carbocycles. The normalized spacial score (nSPS) is 20.5. The number of fused-ring (bicyclic) bond motifs is 1. The van der Waals surface area contributed by atoms with E-state index in [2.05, 4.69) is 10.3 Å². The summed E-state index contributed by atoms with van der Waals surface area (Å²) in [6, 6.07) is 4.82. The number of nitrogens with one attached hydrogen (secondary N) is 1. The molecule has 1 aliphatic carbocycles. The fourth-order valence-corrected chi connectivity index (χ4v) is 2.96. The highest BCUT2D eigenvalue weighted by Crippen LogP contribution is 2.44. The van der Waals surface area contributed by atoms with Crippen molar-refractivity contribution in [1.82, 2.24) is 5.32 Å². The number of aliphatic hydroxyl groups excluding tert-OH is 1. The van der Waals surface area contributed by atoms with E-state index < -0.39 is 0 Å². The predicted molar refractivity (Wildman–Crippen MR) is 83.0 cm³/mol. The molecule has 0 saturated carbocycles. The van der Waals surface area contributed by atoms with Crippen molar-refractivity contribution >= 4 is 17.0 Å². The molecule has 0 radical (unpaired) electrons. The molecule has 0 bridgehead atoms. The molecule has 21 heavy (non-hydrogen) atoms. The molecule has 2 N–H and O–H groups in total. The molecule has 1 heterocycles. The summed E-state index contributed by atoms with van der Waals surface area (Å²) in [5.41, 5.74) is 5.97. The number of amidine groups is 1. The van der Waals surface area contributed by atoms with Crippen LogP contribution in [0.25, 0.3) is 11.1 Å². The summed E-state index contributed by atoms with van der Waals surface area (Å²) in [7, 11) is 0. The number of aliphatic imine (C=N–C) groups is 1. The van der Waals surface area contributed by atoms with Crippen LogP contribution in [0.15, 0.2) is 46.7 Å². The average Bonchev–Trinajstić information content (AvgIpc) is 2.72. The second-order valence-corrected chi connectivity index (χ2v) is 5.21. The third-order valence-electron chi connectivity index (χ3n) is 3.86. The summed E-state index contributed by atoms with van der Waals surface area (Å²) < 4.78 is 13.6. The van der Waals surface area contributed by atoms with Crippen LogP contribution >= 0.6 is 0 Å². The van der Waals surface area contributed by atoms with Gasteiger partial charge in [0.15, 0.2) is 0 Å². The summed E-state index contributed by atoms with van der Waals surface area (Å²) in [5, 5.41) is 12.5. The number of hydrogen-bond acceptors (Lipinski definition) is 3. The summed E-state index contributed by atoms with van der Waals surface area (Å²) in [6.07, 6.45) is 4.20. The van der Waals surface area contributed by atoms with Gasteiger partial charge in [0, 0.05) is 24.1 Å². The zero-order valence-electron chi connectivity index (χ0n) is 12.1. The van der Waals surface area contributed by atoms with Crippen molar-refractivity contribution in [3.05, 3.63) is 58.7 Å². The van der Waals surface area contributed by atoms with Gasteiger partial charge < -0.3 is 10.4 Å². The van der Waals surface area contributed by atoms with E-state index in [1.807, 2.05) is 19.9 Å². The van der Waals surface area contributed by atoms with E-state index >= 15 is 0 Å². The number of rotatable bonds is 2. The van der Waals surface area contributed by atoms with Gasteiger partial charge in [0.25, 0.3) is 0 Å². The maximum absolute atomic E-state index is 13.6. The molecule has 4 heteroatoms. The molecule has 0 saturated heterocycles. The van der Waals surface area contributed by atoms with Crippen molar-refractivity contribution in [2.24, 2.45) is 4.99 Å². The molecule has 3 nitrogen and oxygen atoms in total. The lowest BCUT2D eigenvalue weighted by Gasteiger charge is -2.15. The van der Waals surface area contributed by atoms with Gasteiger partial charge in [0.2, 0.25) is 0 Å². The minimum Gasteiger partial charge on any atom is -0.396 e. The van der Waals surface area contributed by atoms with Gasteiger partial charge in [-0.15, -0.1) is 0 Å². The summed E-state index contributed by atoms with van der Waals surface area (Å²) in [5.74, 6) is 0.570. The molecular formula is C17H17FN2O. The molecular weight excluding hydrogens is 267 g/mol. The minimum absolute atomic E-state index is 0.0506. The van der Waals surface area contributed by atoms with Crippen molar-refractivity contribution in [2.75, 3.05) is 6.61 Å². The van der Waals surface area contributed by atoms with E-state index in [1.54, 1.807) is 18.3 Å². The molecule has 1 aliphatic heterocycles. The minimum atomic E-state index is -0.256. The predicted octanol–water partition coefficient (Wildman–Crippen LogP) is 3.24. The zero-order valence-corrected chi connectivity index (χ0v) is 12.1. The van der Waals surface area contributed by atoms with Gasteiger partial charge in [-0.1, -0.05) is 6.07 Å². The maximum atomic E-state index is 13.6. The fourth-order valence-electron chi connectivity index (χ4n) is 2.96. The highest BCUT2D eigenvalue weighted by molar-refractivity contribution is 6.02. The van der Waals surface area contributed by atoms with E-state index in [4.69, 9.17) is 0 Å². The van der Waals surface area contributed by atoms with E-state index in [9.17, 15) is 9.50 Å². The number of allylic oxidation sites excluding steroid dienone is 3. The van der Waals surface area contributed by atoms with Gasteiger partial charge in [0.05, 0.1) is 0 Å². The average molecular weight is 284 g/mol. The first-order valence-corrected chi connectivity index (χ1v) is 6.95. The van der Waals surface area contributed by atoms with Gasteiger partial charge in [-0.05, 0) is 60.8 Å². The monoisotopic (exact) mass is 284 g/mol. The highest BCUT2D eigenvalue weighted by Gasteiger charge is 2.26. The topological polar surface area (TPSA) is 44.6 Å². The Morgan fingerprint density at radius 1 is 1.24 bits per heavy atom. The number of aliphatic hydroxyl groups is 1. The largest absolute Gasteiger partial charge is 0.396 e. The SMILES string of the molecule is CC1=NC=CC(=C2C(C)=C(CCO)c3cc(F)ccc32)N1. The Bertz CT molecular complexity index is 726. The molecule has 0 atom stereocenters. The highest BCUT2D eigenvalue weighted by atomic mass is 19.1. The molecule has 0 aromatic heterocycles. The lowest BCUT2D eigenvalue weighted by molar-refractivity contribution is 0.305. The van der Waals surface area contributed by atoms with Crippen LogP contribution in [0.1, 0.15) is 31.4 Å². The Labute approximate surface area is 123 Å². The molecule has 0 spiro atoms. The standard InChI is InChI=1S/C17H17FN2O/c1-10-13(6-8-21)15-9-12(18)3-4-14(15)17(10)16-5-7-19-11(2)20-16/h3-5,7,9,21H,6,8H2,1-2H3,(H,19,20). The van der Waals surface area contributed by atoms with Crippen LogP contribution in [0.4, 0.5) is 4.39 Å². The lowest BCUT2D eigenvalue weighted by Crippen LogP contribution is -2.21. The van der Waals surface area contributed by atoms with Crippen LogP contribution in [-0.2, 0) is 0 Å². The van der Waals surface area contributed by atoms with Crippen LogP contribution in [0.5, 0.6) is 0 Å². The second-order valence-electron chi connectivity index (χ2n) is 5.21. The third-order valence-corrected chi connectivity index (χ3v) is 3.86. The van der Waals surface area contributed by atoms with Gasteiger partial charge in [0.1, 0.15) is 11.7 Å². The first-order chi connectivity index (χ1) is 10.1. The number of benzene rings is 1. The van der Waals surface area contributed by atoms with Crippen molar-refractivity contribution in [2.45, 2.75) is 20.3 Å². The molecule has 2 aliphatic rings. The van der Waals surface area contributed by atoms with E-state index in [0.29, 0.717) is 6.42 Å². The Balaban J connectivity index is 2.21. The Morgan fingerprint density at radius 3 is 2.76 bits per heavy atom. The van der Waals surface area contributed by atoms with E-state index in [1.165, 1.54) is 6.07 Å². The van der Waals surface area contributed by atoms with E-state index in [0.717, 1.165) is 39.4 Å². The molecule has 0 fully saturated rings. The van der Waals surface area contributed by atoms with Crippen LogP contribution in [0, 0.1) is 5.82 Å². The van der Waals surface area contributed by atoms with Crippen molar-refractivity contribution in [3.63, 3.8) is 0 Å². The number of halogens is 1.